The first-order valence-electron chi connectivity index (χ1n) is 6.51. The molecular weight excluding hydrogens is 278 g/mol. The first-order chi connectivity index (χ1) is 10.0. The van der Waals surface area contributed by atoms with Crippen LogP contribution in [0.25, 0.3) is 0 Å². The van der Waals surface area contributed by atoms with Crippen molar-refractivity contribution in [2.45, 2.75) is 32.2 Å². The maximum atomic E-state index is 12.0. The molecule has 0 radical (unpaired) electrons. The van der Waals surface area contributed by atoms with Crippen molar-refractivity contribution in [2.24, 2.45) is 0 Å². The summed E-state index contributed by atoms with van der Waals surface area (Å²) in [6.07, 6.45) is 0.0794. The molecule has 1 atom stereocenters. The number of rotatable bonds is 6. The van der Waals surface area contributed by atoms with E-state index in [1.165, 1.54) is 0 Å². The molecule has 21 heavy (non-hydrogen) atoms. The van der Waals surface area contributed by atoms with Crippen LogP contribution < -0.4 is 5.32 Å². The van der Waals surface area contributed by atoms with Crippen LogP contribution in [0.5, 0.6) is 0 Å². The Morgan fingerprint density at radius 2 is 1.86 bits per heavy atom. The van der Waals surface area contributed by atoms with E-state index in [-0.39, 0.29) is 0 Å². The Bertz CT molecular complexity index is 487. The summed E-state index contributed by atoms with van der Waals surface area (Å²) in [5.74, 6) is -1.39. The van der Waals surface area contributed by atoms with Gasteiger partial charge in [-0.25, -0.2) is 19.4 Å². The largest absolute Gasteiger partial charge is 0.547 e. The maximum absolute atomic E-state index is 12.0. The number of nitrogens with one attached hydrogen (secondary N) is 1. The third-order valence-corrected chi connectivity index (χ3v) is 2.67. The number of carbonyl (C=O) groups is 3. The van der Waals surface area contributed by atoms with Crippen LogP contribution in [0, 0.1) is 0 Å². The lowest BCUT2D eigenvalue weighted by Crippen LogP contribution is -2.42. The van der Waals surface area contributed by atoms with E-state index in [2.05, 4.69) is 15.1 Å². The Labute approximate surface area is 121 Å². The van der Waals surface area contributed by atoms with E-state index < -0.39 is 24.1 Å². The van der Waals surface area contributed by atoms with E-state index in [0.717, 1.165) is 6.42 Å². The smallest absolute Gasteiger partial charge is 0.447 e. The number of unbranched alkanes of at least 4 members (excludes halogenated alkanes) is 1. The molecule has 7 heteroatoms. The van der Waals surface area contributed by atoms with Gasteiger partial charge in [0.25, 0.3) is 5.91 Å². The van der Waals surface area contributed by atoms with Gasteiger partial charge in [0, 0.05) is 5.56 Å². The zero-order valence-electron chi connectivity index (χ0n) is 11.6. The summed E-state index contributed by atoms with van der Waals surface area (Å²) in [5, 5.41) is 10.8. The minimum Gasteiger partial charge on any atom is -0.447 e. The van der Waals surface area contributed by atoms with E-state index >= 15 is 0 Å². The van der Waals surface area contributed by atoms with Gasteiger partial charge < -0.3 is 10.4 Å². The molecule has 0 fully saturated rings. The molecule has 1 aromatic rings. The van der Waals surface area contributed by atoms with E-state index in [1.54, 1.807) is 30.3 Å². The summed E-state index contributed by atoms with van der Waals surface area (Å²) in [6.45, 7) is 1.93. The first-order valence-corrected chi connectivity index (χ1v) is 6.51. The lowest BCUT2D eigenvalue weighted by molar-refractivity contribution is -0.242. The fourth-order valence-corrected chi connectivity index (χ4v) is 1.62. The van der Waals surface area contributed by atoms with Crippen LogP contribution in [-0.2, 0) is 14.6 Å². The van der Waals surface area contributed by atoms with Crippen LogP contribution in [0.15, 0.2) is 30.3 Å². The van der Waals surface area contributed by atoms with Crippen LogP contribution in [0.1, 0.15) is 36.5 Å². The number of benzene rings is 1. The van der Waals surface area contributed by atoms with Crippen molar-refractivity contribution in [2.75, 3.05) is 0 Å². The monoisotopic (exact) mass is 295 g/mol. The van der Waals surface area contributed by atoms with Gasteiger partial charge in [-0.3, -0.25) is 4.79 Å². The molecule has 7 nitrogen and oxygen atoms in total. The van der Waals surface area contributed by atoms with Gasteiger partial charge in [0.05, 0.1) is 0 Å². The van der Waals surface area contributed by atoms with E-state index in [4.69, 9.17) is 5.11 Å². The molecule has 1 aromatic carbocycles. The Morgan fingerprint density at radius 3 is 2.43 bits per heavy atom. The molecule has 2 N–H and O–H groups in total. The summed E-state index contributed by atoms with van der Waals surface area (Å²) < 4.78 is 0. The molecule has 0 saturated carbocycles. The molecule has 0 spiro atoms. The summed E-state index contributed by atoms with van der Waals surface area (Å²) in [4.78, 5) is 41.8. The standard InChI is InChI=1S/C14H17NO6/c1-2-3-9-11(13(17)20-21-14(18)19)15-12(16)10-7-5-4-6-8-10/h4-8,11H,2-3,9H2,1H3,(H,15,16)(H,18,19). The molecule has 0 aliphatic heterocycles. The van der Waals surface area contributed by atoms with Gasteiger partial charge in [-0.15, -0.1) is 0 Å². The van der Waals surface area contributed by atoms with Crippen LogP contribution in [-0.4, -0.2) is 29.2 Å². The number of hydrogen-bond acceptors (Lipinski definition) is 5. The van der Waals surface area contributed by atoms with Crippen LogP contribution in [0.3, 0.4) is 0 Å². The first kappa shape index (κ1) is 16.5. The SMILES string of the molecule is CCCCC(NC(=O)c1ccccc1)C(=O)OOC(=O)O. The van der Waals surface area contributed by atoms with Crippen molar-refractivity contribution in [1.29, 1.82) is 0 Å². The van der Waals surface area contributed by atoms with E-state index in [0.29, 0.717) is 18.4 Å². The third-order valence-electron chi connectivity index (χ3n) is 2.67. The van der Waals surface area contributed by atoms with Crippen molar-refractivity contribution in [3.8, 4) is 0 Å². The number of carbonyl (C=O) groups excluding carboxylic acids is 2. The second-order valence-electron chi connectivity index (χ2n) is 4.29. The van der Waals surface area contributed by atoms with Gasteiger partial charge in [0.1, 0.15) is 6.04 Å². The van der Waals surface area contributed by atoms with Crippen LogP contribution >= 0.6 is 0 Å². The Hall–Kier alpha value is -2.57. The van der Waals surface area contributed by atoms with Crippen molar-refractivity contribution >= 4 is 18.0 Å². The van der Waals surface area contributed by atoms with Crippen molar-refractivity contribution in [1.82, 2.24) is 5.32 Å². The zero-order valence-corrected chi connectivity index (χ0v) is 11.6. The van der Waals surface area contributed by atoms with E-state index in [1.807, 2.05) is 6.92 Å². The van der Waals surface area contributed by atoms with Crippen molar-refractivity contribution in [3.63, 3.8) is 0 Å². The van der Waals surface area contributed by atoms with Gasteiger partial charge in [-0.05, 0) is 18.6 Å². The summed E-state index contributed by atoms with van der Waals surface area (Å²) in [7, 11) is 0. The molecule has 0 saturated heterocycles. The molecule has 0 aliphatic carbocycles. The third kappa shape index (κ3) is 5.94. The zero-order chi connectivity index (χ0) is 15.7. The lowest BCUT2D eigenvalue weighted by Gasteiger charge is -2.15. The number of carboxylic acid groups (broad SMARTS) is 1. The molecule has 0 heterocycles. The highest BCUT2D eigenvalue weighted by atomic mass is 17.2. The predicted octanol–water partition coefficient (Wildman–Crippen LogP) is 2.13. The highest BCUT2D eigenvalue weighted by Gasteiger charge is 2.24. The lowest BCUT2D eigenvalue weighted by atomic mass is 10.1. The summed E-state index contributed by atoms with van der Waals surface area (Å²) >= 11 is 0. The highest BCUT2D eigenvalue weighted by Crippen LogP contribution is 2.06. The quantitative estimate of drug-likeness (QED) is 0.615. The maximum Gasteiger partial charge on any atom is 0.547 e. The molecule has 114 valence electrons. The van der Waals surface area contributed by atoms with E-state index in [9.17, 15) is 14.4 Å². The van der Waals surface area contributed by atoms with Crippen molar-refractivity contribution in [3.05, 3.63) is 35.9 Å². The molecular formula is C14H17NO6. The van der Waals surface area contributed by atoms with Gasteiger partial charge in [-0.1, -0.05) is 38.0 Å². The minimum atomic E-state index is -1.73. The van der Waals surface area contributed by atoms with Crippen molar-refractivity contribution < 1.29 is 29.3 Å². The topological polar surface area (TPSA) is 102 Å². The second kappa shape index (κ2) is 8.57. The summed E-state index contributed by atoms with van der Waals surface area (Å²) in [6, 6.07) is 7.40. The normalized spacial score (nSPS) is 11.3. The second-order valence-corrected chi connectivity index (χ2v) is 4.29. The van der Waals surface area contributed by atoms with Gasteiger partial charge in [-0.2, -0.15) is 0 Å². The molecule has 0 aromatic heterocycles. The number of hydrogen-bond donors (Lipinski definition) is 2. The fraction of sp³-hybridized carbons (Fsp3) is 0.357. The average molecular weight is 295 g/mol. The summed E-state index contributed by atoms with van der Waals surface area (Å²) in [5.41, 5.74) is 0.394. The molecule has 1 rings (SSSR count). The Morgan fingerprint density at radius 1 is 1.19 bits per heavy atom. The average Bonchev–Trinajstić information content (AvgIpc) is 2.49. The molecule has 0 bridgehead atoms. The molecule has 1 unspecified atom stereocenters. The van der Waals surface area contributed by atoms with Gasteiger partial charge >= 0.3 is 12.1 Å². The molecule has 0 aliphatic rings. The van der Waals surface area contributed by atoms with Crippen LogP contribution in [0.2, 0.25) is 0 Å². The Balaban J connectivity index is 2.66. The predicted molar refractivity (Wildman–Crippen MR) is 72.4 cm³/mol. The van der Waals surface area contributed by atoms with Gasteiger partial charge in [0.2, 0.25) is 0 Å². The van der Waals surface area contributed by atoms with Crippen LogP contribution in [0.4, 0.5) is 4.79 Å². The van der Waals surface area contributed by atoms with Gasteiger partial charge in [0.15, 0.2) is 0 Å². The minimum absolute atomic E-state index is 0.330. The number of amides is 1. The fourth-order valence-electron chi connectivity index (χ4n) is 1.62. The highest BCUT2D eigenvalue weighted by molar-refractivity contribution is 5.96. The Kier molecular flexibility index (Phi) is 6.73. The molecule has 1 amide bonds.